The number of hydrogen-bond donors (Lipinski definition) is 1. The van der Waals surface area contributed by atoms with Gasteiger partial charge in [0.1, 0.15) is 5.01 Å². The van der Waals surface area contributed by atoms with Gasteiger partial charge in [0.05, 0.1) is 18.8 Å². The van der Waals surface area contributed by atoms with Gasteiger partial charge in [-0.1, -0.05) is 12.1 Å². The molecule has 0 unspecified atom stereocenters. The molecule has 6 heteroatoms. The molecular formula is C17H23N3O2S. The maximum Gasteiger partial charge on any atom is 0.251 e. The van der Waals surface area contributed by atoms with E-state index < -0.39 is 0 Å². The van der Waals surface area contributed by atoms with Gasteiger partial charge in [0.2, 0.25) is 0 Å². The van der Waals surface area contributed by atoms with Crippen molar-refractivity contribution < 1.29 is 9.53 Å². The number of nitrogens with one attached hydrogen (secondary N) is 1. The highest BCUT2D eigenvalue weighted by molar-refractivity contribution is 7.11. The van der Waals surface area contributed by atoms with Crippen molar-refractivity contribution in [2.45, 2.75) is 26.6 Å². The van der Waals surface area contributed by atoms with E-state index in [-0.39, 0.29) is 5.91 Å². The molecular weight excluding hydrogens is 310 g/mol. The molecule has 1 aromatic heterocycles. The highest BCUT2D eigenvalue weighted by Gasteiger charge is 2.11. The van der Waals surface area contributed by atoms with Gasteiger partial charge in [0, 0.05) is 24.1 Å². The van der Waals surface area contributed by atoms with Crippen molar-refractivity contribution in [3.05, 3.63) is 51.0 Å². The van der Waals surface area contributed by atoms with Crippen molar-refractivity contribution >= 4 is 17.2 Å². The number of benzene rings is 1. The Hall–Kier alpha value is -1.76. The molecule has 0 atom stereocenters. The van der Waals surface area contributed by atoms with Crippen molar-refractivity contribution in [3.8, 4) is 0 Å². The Kier molecular flexibility index (Phi) is 6.27. The monoisotopic (exact) mass is 333 g/mol. The summed E-state index contributed by atoms with van der Waals surface area (Å²) in [6.45, 7) is 3.76. The summed E-state index contributed by atoms with van der Waals surface area (Å²) in [5.41, 5.74) is 2.76. The summed E-state index contributed by atoms with van der Waals surface area (Å²) in [5.74, 6) is -0.0632. The van der Waals surface area contributed by atoms with Crippen LogP contribution in [0.2, 0.25) is 0 Å². The first-order valence-corrected chi connectivity index (χ1v) is 8.27. The third-order valence-corrected chi connectivity index (χ3v) is 4.43. The molecule has 0 aliphatic rings. The second-order valence-corrected chi connectivity index (χ2v) is 6.84. The van der Waals surface area contributed by atoms with Crippen LogP contribution in [-0.2, 0) is 24.4 Å². The molecule has 2 aromatic rings. The van der Waals surface area contributed by atoms with Gasteiger partial charge in [-0.25, -0.2) is 4.98 Å². The first-order chi connectivity index (χ1) is 11.0. The molecule has 1 amide bonds. The van der Waals surface area contributed by atoms with Crippen LogP contribution in [-0.4, -0.2) is 37.0 Å². The van der Waals surface area contributed by atoms with Crippen LogP contribution in [0.25, 0.3) is 0 Å². The van der Waals surface area contributed by atoms with E-state index in [1.54, 1.807) is 18.4 Å². The molecule has 0 radical (unpaired) electrons. The number of thiazole rings is 1. The zero-order valence-corrected chi connectivity index (χ0v) is 14.9. The Balaban J connectivity index is 1.99. The van der Waals surface area contributed by atoms with Gasteiger partial charge in [-0.3, -0.25) is 4.79 Å². The number of rotatable bonds is 7. The molecule has 1 aromatic carbocycles. The predicted octanol–water partition coefficient (Wildman–Crippen LogP) is 2.59. The summed E-state index contributed by atoms with van der Waals surface area (Å²) in [4.78, 5) is 19.9. The van der Waals surface area contributed by atoms with E-state index in [1.807, 2.05) is 45.3 Å². The van der Waals surface area contributed by atoms with E-state index in [4.69, 9.17) is 4.74 Å². The quantitative estimate of drug-likeness (QED) is 0.846. The first kappa shape index (κ1) is 17.6. The molecule has 0 aliphatic heterocycles. The van der Waals surface area contributed by atoms with Gasteiger partial charge >= 0.3 is 0 Å². The molecule has 5 nitrogen and oxygen atoms in total. The van der Waals surface area contributed by atoms with Crippen LogP contribution in [0, 0.1) is 6.92 Å². The van der Waals surface area contributed by atoms with Gasteiger partial charge in [-0.05, 0) is 38.7 Å². The van der Waals surface area contributed by atoms with Crippen molar-refractivity contribution in [1.82, 2.24) is 15.2 Å². The maximum absolute atomic E-state index is 12.3. The fraction of sp³-hybridized carbons (Fsp3) is 0.412. The first-order valence-electron chi connectivity index (χ1n) is 7.45. The van der Waals surface area contributed by atoms with Gasteiger partial charge < -0.3 is 15.0 Å². The highest BCUT2D eigenvalue weighted by Crippen LogP contribution is 2.18. The average molecular weight is 333 g/mol. The van der Waals surface area contributed by atoms with E-state index in [1.165, 1.54) is 0 Å². The number of carbonyl (C=O) groups excluding carboxylic acids is 1. The van der Waals surface area contributed by atoms with Crippen LogP contribution < -0.4 is 5.32 Å². The summed E-state index contributed by atoms with van der Waals surface area (Å²) < 4.78 is 5.09. The van der Waals surface area contributed by atoms with Crippen LogP contribution in [0.1, 0.15) is 31.5 Å². The third kappa shape index (κ3) is 5.13. The van der Waals surface area contributed by atoms with Crippen LogP contribution in [0.3, 0.4) is 0 Å². The molecule has 1 heterocycles. The Morgan fingerprint density at radius 3 is 2.87 bits per heavy atom. The molecule has 0 saturated heterocycles. The van der Waals surface area contributed by atoms with E-state index in [0.717, 1.165) is 27.7 Å². The van der Waals surface area contributed by atoms with Crippen molar-refractivity contribution in [3.63, 3.8) is 0 Å². The number of aromatic nitrogens is 1. The number of amides is 1. The minimum absolute atomic E-state index is 0.0632. The van der Waals surface area contributed by atoms with Gasteiger partial charge in [-0.15, -0.1) is 11.3 Å². The number of hydrogen-bond acceptors (Lipinski definition) is 5. The van der Waals surface area contributed by atoms with Crippen molar-refractivity contribution in [1.29, 1.82) is 0 Å². The fourth-order valence-electron chi connectivity index (χ4n) is 2.28. The lowest BCUT2D eigenvalue weighted by atomic mass is 10.1. The number of aryl methyl sites for hydroxylation is 1. The van der Waals surface area contributed by atoms with E-state index >= 15 is 0 Å². The fourth-order valence-corrected chi connectivity index (χ4v) is 3.26. The second kappa shape index (κ2) is 8.19. The van der Waals surface area contributed by atoms with Crippen molar-refractivity contribution in [2.24, 2.45) is 0 Å². The zero-order chi connectivity index (χ0) is 16.8. The van der Waals surface area contributed by atoms with E-state index in [0.29, 0.717) is 18.7 Å². The van der Waals surface area contributed by atoms with Crippen LogP contribution in [0.4, 0.5) is 0 Å². The third-order valence-electron chi connectivity index (χ3n) is 3.30. The van der Waals surface area contributed by atoms with Crippen LogP contribution in [0.15, 0.2) is 24.3 Å². The average Bonchev–Trinajstić information content (AvgIpc) is 2.84. The zero-order valence-electron chi connectivity index (χ0n) is 14.0. The van der Waals surface area contributed by atoms with Crippen LogP contribution >= 0.6 is 11.3 Å². The Morgan fingerprint density at radius 2 is 2.17 bits per heavy atom. The van der Waals surface area contributed by atoms with Gasteiger partial charge in [-0.2, -0.15) is 0 Å². The van der Waals surface area contributed by atoms with Crippen LogP contribution in [0.5, 0.6) is 0 Å². The normalized spacial score (nSPS) is 11.0. The molecule has 0 saturated carbocycles. The Morgan fingerprint density at radius 1 is 1.39 bits per heavy atom. The summed E-state index contributed by atoms with van der Waals surface area (Å²) in [6, 6.07) is 7.72. The SMILES string of the molecule is COCc1nc(C)c(CNC(=O)c2cccc(CN(C)C)c2)s1. The number of methoxy groups -OCH3 is 1. The lowest BCUT2D eigenvalue weighted by Crippen LogP contribution is -2.23. The molecule has 0 spiro atoms. The molecule has 0 bridgehead atoms. The molecule has 0 aliphatic carbocycles. The van der Waals surface area contributed by atoms with Gasteiger partial charge in [0.15, 0.2) is 0 Å². The maximum atomic E-state index is 12.3. The molecule has 2 rings (SSSR count). The standard InChI is InChI=1S/C17H23N3O2S/c1-12-15(23-16(19-12)11-22-4)9-18-17(21)14-7-5-6-13(8-14)10-20(2)3/h5-8H,9-11H2,1-4H3,(H,18,21). The van der Waals surface area contributed by atoms with E-state index in [2.05, 4.69) is 15.2 Å². The lowest BCUT2D eigenvalue weighted by molar-refractivity contribution is 0.0951. The van der Waals surface area contributed by atoms with Crippen molar-refractivity contribution in [2.75, 3.05) is 21.2 Å². The smallest absolute Gasteiger partial charge is 0.251 e. The molecule has 1 N–H and O–H groups in total. The largest absolute Gasteiger partial charge is 0.378 e. The molecule has 0 fully saturated rings. The summed E-state index contributed by atoms with van der Waals surface area (Å²) in [5, 5.41) is 3.90. The summed E-state index contributed by atoms with van der Waals surface area (Å²) >= 11 is 1.58. The molecule has 23 heavy (non-hydrogen) atoms. The summed E-state index contributed by atoms with van der Waals surface area (Å²) in [6.07, 6.45) is 0. The highest BCUT2D eigenvalue weighted by atomic mass is 32.1. The Bertz CT molecular complexity index is 668. The Labute approximate surface area is 141 Å². The number of carbonyl (C=O) groups is 1. The van der Waals surface area contributed by atoms with E-state index in [9.17, 15) is 4.79 Å². The lowest BCUT2D eigenvalue weighted by Gasteiger charge is -2.11. The second-order valence-electron chi connectivity index (χ2n) is 5.67. The number of ether oxygens (including phenoxy) is 1. The minimum Gasteiger partial charge on any atom is -0.378 e. The van der Waals surface area contributed by atoms with Gasteiger partial charge in [0.25, 0.3) is 5.91 Å². The minimum atomic E-state index is -0.0632. The topological polar surface area (TPSA) is 54.5 Å². The summed E-state index contributed by atoms with van der Waals surface area (Å²) in [7, 11) is 5.67. The predicted molar refractivity (Wildman–Crippen MR) is 92.6 cm³/mol. The number of nitrogens with zero attached hydrogens (tertiary/aromatic N) is 2. The molecule has 124 valence electrons.